The Morgan fingerprint density at radius 2 is 1.79 bits per heavy atom. The van der Waals surface area contributed by atoms with Crippen molar-refractivity contribution in [3.05, 3.63) is 83.4 Å². The molecule has 4 rings (SSSR count). The fourth-order valence-corrected chi connectivity index (χ4v) is 3.14. The van der Waals surface area contributed by atoms with Crippen molar-refractivity contribution in [2.24, 2.45) is 0 Å². The molecule has 1 aliphatic rings. The summed E-state index contributed by atoms with van der Waals surface area (Å²) in [4.78, 5) is 24.9. The summed E-state index contributed by atoms with van der Waals surface area (Å²) in [6.45, 7) is 1.95. The number of anilines is 2. The number of hydrogen-bond acceptors (Lipinski definition) is 3. The van der Waals surface area contributed by atoms with E-state index in [0.717, 1.165) is 11.1 Å². The first-order valence-electron chi connectivity index (χ1n) is 9.16. The van der Waals surface area contributed by atoms with Crippen molar-refractivity contribution in [1.29, 1.82) is 0 Å². The molecule has 140 valence electrons. The van der Waals surface area contributed by atoms with E-state index in [2.05, 4.69) is 10.6 Å². The van der Waals surface area contributed by atoms with E-state index in [1.807, 2.05) is 55.5 Å². The summed E-state index contributed by atoms with van der Waals surface area (Å²) in [5.41, 5.74) is 3.72. The number of aryl methyl sites for hydroxylation is 2. The third-order valence-corrected chi connectivity index (χ3v) is 4.59. The van der Waals surface area contributed by atoms with E-state index in [1.165, 1.54) is 0 Å². The highest BCUT2D eigenvalue weighted by molar-refractivity contribution is 6.09. The SMILES string of the molecule is Cc1ccc2c(c1)NC(=O)c1cc(NC(=O)CCc3ccccc3)ccc1O2. The molecule has 1 aliphatic heterocycles. The summed E-state index contributed by atoms with van der Waals surface area (Å²) in [5, 5.41) is 5.73. The number of carbonyl (C=O) groups is 2. The van der Waals surface area contributed by atoms with Gasteiger partial charge in [-0.1, -0.05) is 36.4 Å². The van der Waals surface area contributed by atoms with Crippen LogP contribution < -0.4 is 15.4 Å². The second kappa shape index (κ2) is 7.56. The van der Waals surface area contributed by atoms with Gasteiger partial charge in [0.1, 0.15) is 5.75 Å². The van der Waals surface area contributed by atoms with Crippen LogP contribution in [0.3, 0.4) is 0 Å². The van der Waals surface area contributed by atoms with E-state index < -0.39 is 0 Å². The molecule has 2 N–H and O–H groups in total. The van der Waals surface area contributed by atoms with E-state index in [1.54, 1.807) is 18.2 Å². The van der Waals surface area contributed by atoms with Gasteiger partial charge in [-0.25, -0.2) is 0 Å². The van der Waals surface area contributed by atoms with E-state index in [9.17, 15) is 9.59 Å². The van der Waals surface area contributed by atoms with Crippen LogP contribution in [0.15, 0.2) is 66.7 Å². The molecule has 0 saturated carbocycles. The van der Waals surface area contributed by atoms with Crippen LogP contribution in [0, 0.1) is 6.92 Å². The standard InChI is InChI=1S/C23H20N2O3/c1-15-7-10-21-19(13-15)25-23(27)18-14-17(9-11-20(18)28-21)24-22(26)12-8-16-5-3-2-4-6-16/h2-7,9-11,13-14H,8,12H2,1H3,(H,24,26)(H,25,27). The summed E-state index contributed by atoms with van der Waals surface area (Å²) in [6.07, 6.45) is 1.03. The maximum atomic E-state index is 12.6. The average Bonchev–Trinajstić information content (AvgIpc) is 2.83. The van der Waals surface area contributed by atoms with Gasteiger partial charge in [0.05, 0.1) is 11.3 Å². The third-order valence-electron chi connectivity index (χ3n) is 4.59. The second-order valence-corrected chi connectivity index (χ2v) is 6.80. The largest absolute Gasteiger partial charge is 0.454 e. The van der Waals surface area contributed by atoms with E-state index in [4.69, 9.17) is 4.74 Å². The molecule has 0 bridgehead atoms. The Kier molecular flexibility index (Phi) is 4.81. The fourth-order valence-electron chi connectivity index (χ4n) is 3.14. The van der Waals surface area contributed by atoms with E-state index >= 15 is 0 Å². The van der Waals surface area contributed by atoms with Gasteiger partial charge in [-0.2, -0.15) is 0 Å². The molecule has 0 aromatic heterocycles. The maximum absolute atomic E-state index is 12.6. The average molecular weight is 372 g/mol. The minimum atomic E-state index is -0.264. The topological polar surface area (TPSA) is 67.4 Å². The molecule has 1 heterocycles. The van der Waals surface area contributed by atoms with Crippen LogP contribution >= 0.6 is 0 Å². The molecule has 3 aromatic rings. The van der Waals surface area contributed by atoms with E-state index in [0.29, 0.717) is 41.3 Å². The number of hydrogen-bond donors (Lipinski definition) is 2. The Balaban J connectivity index is 1.48. The molecule has 5 nitrogen and oxygen atoms in total. The number of ether oxygens (including phenoxy) is 1. The smallest absolute Gasteiger partial charge is 0.259 e. The first-order chi connectivity index (χ1) is 13.6. The van der Waals surface area contributed by atoms with Crippen LogP contribution in [0.25, 0.3) is 0 Å². The second-order valence-electron chi connectivity index (χ2n) is 6.80. The molecule has 0 atom stereocenters. The Labute approximate surface area is 163 Å². The molecular formula is C23H20N2O3. The highest BCUT2D eigenvalue weighted by Crippen LogP contribution is 2.37. The Morgan fingerprint density at radius 3 is 2.61 bits per heavy atom. The van der Waals surface area contributed by atoms with Crippen LogP contribution in [-0.2, 0) is 11.2 Å². The van der Waals surface area contributed by atoms with Crippen molar-refractivity contribution in [2.75, 3.05) is 10.6 Å². The summed E-state index contributed by atoms with van der Waals surface area (Å²) < 4.78 is 5.90. The van der Waals surface area contributed by atoms with Crippen molar-refractivity contribution < 1.29 is 14.3 Å². The molecule has 0 aliphatic carbocycles. The lowest BCUT2D eigenvalue weighted by atomic mass is 10.1. The van der Waals surface area contributed by atoms with Gasteiger partial charge in [-0.05, 0) is 54.8 Å². The number of fused-ring (bicyclic) bond motifs is 2. The zero-order valence-electron chi connectivity index (χ0n) is 15.5. The quantitative estimate of drug-likeness (QED) is 0.683. The van der Waals surface area contributed by atoms with Gasteiger partial charge in [-0.3, -0.25) is 9.59 Å². The van der Waals surface area contributed by atoms with E-state index in [-0.39, 0.29) is 11.8 Å². The number of carbonyl (C=O) groups excluding carboxylic acids is 2. The van der Waals surface area contributed by atoms with Gasteiger partial charge in [0.2, 0.25) is 5.91 Å². The first kappa shape index (κ1) is 17.8. The van der Waals surface area contributed by atoms with Crippen molar-refractivity contribution >= 4 is 23.2 Å². The number of amides is 2. The van der Waals surface area contributed by atoms with Crippen LogP contribution in [-0.4, -0.2) is 11.8 Å². The predicted molar refractivity (Wildman–Crippen MR) is 109 cm³/mol. The summed E-state index contributed by atoms with van der Waals surface area (Å²) in [7, 11) is 0. The minimum absolute atomic E-state index is 0.0994. The summed E-state index contributed by atoms with van der Waals surface area (Å²) in [5.74, 6) is 0.692. The molecule has 0 fully saturated rings. The zero-order valence-corrected chi connectivity index (χ0v) is 15.5. The number of nitrogens with one attached hydrogen (secondary N) is 2. The molecule has 0 radical (unpaired) electrons. The lowest BCUT2D eigenvalue weighted by Crippen LogP contribution is -2.14. The Bertz CT molecular complexity index is 1040. The monoisotopic (exact) mass is 372 g/mol. The van der Waals surface area contributed by atoms with Gasteiger partial charge in [-0.15, -0.1) is 0 Å². The number of benzene rings is 3. The maximum Gasteiger partial charge on any atom is 0.259 e. The van der Waals surface area contributed by atoms with Crippen molar-refractivity contribution in [2.45, 2.75) is 19.8 Å². The lowest BCUT2D eigenvalue weighted by molar-refractivity contribution is -0.116. The van der Waals surface area contributed by atoms with Crippen LogP contribution in [0.1, 0.15) is 27.9 Å². The summed E-state index contributed by atoms with van der Waals surface area (Å²) >= 11 is 0. The van der Waals surface area contributed by atoms with Crippen LogP contribution in [0.4, 0.5) is 11.4 Å². The normalized spacial score (nSPS) is 12.1. The number of rotatable bonds is 4. The predicted octanol–water partition coefficient (Wildman–Crippen LogP) is 4.92. The zero-order chi connectivity index (χ0) is 19.5. The van der Waals surface area contributed by atoms with Gasteiger partial charge >= 0.3 is 0 Å². The summed E-state index contributed by atoms with van der Waals surface area (Å²) in [6, 6.07) is 20.6. The van der Waals surface area contributed by atoms with Crippen molar-refractivity contribution in [3.63, 3.8) is 0 Å². The fraction of sp³-hybridized carbons (Fsp3) is 0.130. The highest BCUT2D eigenvalue weighted by atomic mass is 16.5. The van der Waals surface area contributed by atoms with Crippen LogP contribution in [0.5, 0.6) is 11.5 Å². The highest BCUT2D eigenvalue weighted by Gasteiger charge is 2.21. The lowest BCUT2D eigenvalue weighted by Gasteiger charge is -2.10. The molecule has 28 heavy (non-hydrogen) atoms. The Hall–Kier alpha value is -3.60. The van der Waals surface area contributed by atoms with Crippen LogP contribution in [0.2, 0.25) is 0 Å². The van der Waals surface area contributed by atoms with Crippen molar-refractivity contribution in [3.8, 4) is 11.5 Å². The molecule has 0 saturated heterocycles. The molecule has 0 spiro atoms. The van der Waals surface area contributed by atoms with Crippen molar-refractivity contribution in [1.82, 2.24) is 0 Å². The van der Waals surface area contributed by atoms with Gasteiger partial charge in [0.25, 0.3) is 5.91 Å². The molecule has 3 aromatic carbocycles. The molecular weight excluding hydrogens is 352 g/mol. The third kappa shape index (κ3) is 3.88. The van der Waals surface area contributed by atoms with Gasteiger partial charge < -0.3 is 15.4 Å². The Morgan fingerprint density at radius 1 is 1.00 bits per heavy atom. The van der Waals surface area contributed by atoms with Gasteiger partial charge in [0.15, 0.2) is 5.75 Å². The molecule has 2 amide bonds. The van der Waals surface area contributed by atoms with Gasteiger partial charge in [0, 0.05) is 12.1 Å². The molecule has 0 unspecified atom stereocenters. The minimum Gasteiger partial charge on any atom is -0.454 e. The molecule has 5 heteroatoms. The first-order valence-corrected chi connectivity index (χ1v) is 9.16.